The zero-order valence-electron chi connectivity index (χ0n) is 15.1. The van der Waals surface area contributed by atoms with Crippen molar-refractivity contribution in [3.8, 4) is 0 Å². The lowest BCUT2D eigenvalue weighted by Gasteiger charge is -2.06. The van der Waals surface area contributed by atoms with Gasteiger partial charge in [-0.3, -0.25) is 4.79 Å². The van der Waals surface area contributed by atoms with Gasteiger partial charge in [-0.2, -0.15) is 0 Å². The van der Waals surface area contributed by atoms with Crippen molar-refractivity contribution in [1.82, 2.24) is 0 Å². The first kappa shape index (κ1) is 18.6. The molecule has 0 spiro atoms. The largest absolute Gasteiger partial charge is 0.289 e. The molecule has 0 fully saturated rings. The minimum Gasteiger partial charge on any atom is -0.289 e. The van der Waals surface area contributed by atoms with Crippen molar-refractivity contribution in [2.45, 2.75) is 19.6 Å². The van der Waals surface area contributed by atoms with E-state index in [0.717, 1.165) is 10.5 Å². The van der Waals surface area contributed by atoms with E-state index in [0.29, 0.717) is 5.56 Å². The van der Waals surface area contributed by atoms with E-state index in [1.54, 1.807) is 23.5 Å². The molecule has 0 aliphatic heterocycles. The summed E-state index contributed by atoms with van der Waals surface area (Å²) in [6.45, 7) is 0. The van der Waals surface area contributed by atoms with Crippen molar-refractivity contribution in [3.63, 3.8) is 0 Å². The van der Waals surface area contributed by atoms with Crippen LogP contribution in [-0.4, -0.2) is 5.78 Å². The van der Waals surface area contributed by atoms with Gasteiger partial charge < -0.3 is 0 Å². The Kier molecular flexibility index (Phi) is 5.95. The van der Waals surface area contributed by atoms with Crippen LogP contribution in [0.1, 0.15) is 15.9 Å². The van der Waals surface area contributed by atoms with E-state index in [1.165, 1.54) is 14.7 Å². The Morgan fingerprint density at radius 3 is 1.29 bits per heavy atom. The van der Waals surface area contributed by atoms with Crippen LogP contribution in [0.5, 0.6) is 0 Å². The molecule has 0 aromatic heterocycles. The Bertz CT molecular complexity index is 1040. The van der Waals surface area contributed by atoms with Gasteiger partial charge in [0.15, 0.2) is 5.78 Å². The van der Waals surface area contributed by atoms with Gasteiger partial charge in [0.05, 0.1) is 0 Å². The van der Waals surface area contributed by atoms with E-state index in [1.807, 2.05) is 60.7 Å². The SMILES string of the molecule is O=C(c1ccccc1)c1ccc(Sc2ccc(Sc3ccccc3)cc2)cc1. The van der Waals surface area contributed by atoms with E-state index in [9.17, 15) is 4.79 Å². The summed E-state index contributed by atoms with van der Waals surface area (Å²) in [4.78, 5) is 17.3. The van der Waals surface area contributed by atoms with Crippen LogP contribution >= 0.6 is 23.5 Å². The fourth-order valence-electron chi connectivity index (χ4n) is 2.77. The molecule has 4 aromatic rings. The predicted molar refractivity (Wildman–Crippen MR) is 117 cm³/mol. The first-order valence-electron chi connectivity index (χ1n) is 8.98. The van der Waals surface area contributed by atoms with E-state index in [4.69, 9.17) is 0 Å². The smallest absolute Gasteiger partial charge is 0.193 e. The molecule has 3 heteroatoms. The van der Waals surface area contributed by atoms with Gasteiger partial charge in [-0.1, -0.05) is 72.1 Å². The molecule has 0 unspecified atom stereocenters. The second-order valence-corrected chi connectivity index (χ2v) is 8.50. The summed E-state index contributed by atoms with van der Waals surface area (Å²) in [5.41, 5.74) is 1.43. The molecule has 0 atom stereocenters. The van der Waals surface area contributed by atoms with Gasteiger partial charge in [0.25, 0.3) is 0 Å². The van der Waals surface area contributed by atoms with Crippen molar-refractivity contribution in [2.24, 2.45) is 0 Å². The monoisotopic (exact) mass is 398 g/mol. The van der Waals surface area contributed by atoms with Crippen LogP contribution < -0.4 is 0 Å². The Morgan fingerprint density at radius 2 is 0.786 bits per heavy atom. The van der Waals surface area contributed by atoms with Crippen LogP contribution in [0.25, 0.3) is 0 Å². The number of carbonyl (C=O) groups is 1. The van der Waals surface area contributed by atoms with Crippen molar-refractivity contribution in [1.29, 1.82) is 0 Å². The number of benzene rings is 4. The third-order valence-corrected chi connectivity index (χ3v) is 6.22. The van der Waals surface area contributed by atoms with Gasteiger partial charge in [0.1, 0.15) is 0 Å². The zero-order chi connectivity index (χ0) is 19.2. The molecule has 136 valence electrons. The number of rotatable bonds is 6. The molecule has 0 amide bonds. The van der Waals surface area contributed by atoms with Crippen molar-refractivity contribution in [3.05, 3.63) is 120 Å². The Balaban J connectivity index is 1.41. The second-order valence-electron chi connectivity index (χ2n) is 6.21. The molecule has 0 heterocycles. The molecule has 0 aliphatic carbocycles. The molecule has 0 saturated heterocycles. The lowest BCUT2D eigenvalue weighted by atomic mass is 10.0. The molecule has 4 aromatic carbocycles. The van der Waals surface area contributed by atoms with Gasteiger partial charge in [-0.25, -0.2) is 0 Å². The third-order valence-electron chi connectivity index (χ3n) is 4.19. The van der Waals surface area contributed by atoms with Crippen LogP contribution in [0.15, 0.2) is 129 Å². The summed E-state index contributed by atoms with van der Waals surface area (Å²) in [5, 5.41) is 0. The van der Waals surface area contributed by atoms with E-state index in [2.05, 4.69) is 48.5 Å². The minimum atomic E-state index is 0.0550. The predicted octanol–water partition coefficient (Wildman–Crippen LogP) is 7.22. The van der Waals surface area contributed by atoms with Crippen LogP contribution in [0.4, 0.5) is 0 Å². The molecule has 0 aliphatic rings. The molecule has 4 rings (SSSR count). The maximum absolute atomic E-state index is 12.5. The third kappa shape index (κ3) is 4.75. The Morgan fingerprint density at radius 1 is 0.429 bits per heavy atom. The normalized spacial score (nSPS) is 10.6. The summed E-state index contributed by atoms with van der Waals surface area (Å²) in [6, 6.07) is 36.1. The lowest BCUT2D eigenvalue weighted by molar-refractivity contribution is 0.103. The molecule has 0 bridgehead atoms. The number of carbonyl (C=O) groups excluding carboxylic acids is 1. The summed E-state index contributed by atoms with van der Waals surface area (Å²) in [7, 11) is 0. The number of hydrogen-bond donors (Lipinski definition) is 0. The van der Waals surface area contributed by atoms with E-state index in [-0.39, 0.29) is 5.78 Å². The zero-order valence-corrected chi connectivity index (χ0v) is 16.8. The van der Waals surface area contributed by atoms with Gasteiger partial charge >= 0.3 is 0 Å². The fourth-order valence-corrected chi connectivity index (χ4v) is 4.42. The van der Waals surface area contributed by atoms with Crippen LogP contribution in [0.3, 0.4) is 0 Å². The molecular formula is C25H18OS2. The van der Waals surface area contributed by atoms with Gasteiger partial charge in [-0.05, 0) is 60.7 Å². The average molecular weight is 399 g/mol. The molecular weight excluding hydrogens is 380 g/mol. The molecule has 0 N–H and O–H groups in total. The Labute approximate surface area is 173 Å². The van der Waals surface area contributed by atoms with Gasteiger partial charge in [0.2, 0.25) is 0 Å². The summed E-state index contributed by atoms with van der Waals surface area (Å²) in [6.07, 6.45) is 0. The maximum atomic E-state index is 12.5. The van der Waals surface area contributed by atoms with E-state index < -0.39 is 0 Å². The molecule has 1 nitrogen and oxygen atoms in total. The minimum absolute atomic E-state index is 0.0550. The fraction of sp³-hybridized carbons (Fsp3) is 0. The highest BCUT2D eigenvalue weighted by atomic mass is 32.2. The summed E-state index contributed by atoms with van der Waals surface area (Å²) < 4.78 is 0. The topological polar surface area (TPSA) is 17.1 Å². The van der Waals surface area contributed by atoms with E-state index >= 15 is 0 Å². The van der Waals surface area contributed by atoms with Crippen LogP contribution in [-0.2, 0) is 0 Å². The van der Waals surface area contributed by atoms with Crippen molar-refractivity contribution < 1.29 is 4.79 Å². The molecule has 0 saturated carbocycles. The van der Waals surface area contributed by atoms with Crippen molar-refractivity contribution in [2.75, 3.05) is 0 Å². The maximum Gasteiger partial charge on any atom is 0.193 e. The highest BCUT2D eigenvalue weighted by molar-refractivity contribution is 7.99. The number of ketones is 1. The van der Waals surface area contributed by atoms with Gasteiger partial charge in [0, 0.05) is 30.7 Å². The standard InChI is InChI=1S/C25H18OS2/c26-25(19-7-3-1-4-8-19)20-11-13-22(14-12-20)28-24-17-15-23(16-18-24)27-21-9-5-2-6-10-21/h1-18H. The highest BCUT2D eigenvalue weighted by Crippen LogP contribution is 2.32. The first-order valence-corrected chi connectivity index (χ1v) is 10.6. The molecule has 28 heavy (non-hydrogen) atoms. The highest BCUT2D eigenvalue weighted by Gasteiger charge is 2.08. The Hall–Kier alpha value is -2.75. The first-order chi connectivity index (χ1) is 13.8. The van der Waals surface area contributed by atoms with Crippen LogP contribution in [0.2, 0.25) is 0 Å². The van der Waals surface area contributed by atoms with Crippen molar-refractivity contribution >= 4 is 29.3 Å². The number of hydrogen-bond acceptors (Lipinski definition) is 3. The lowest BCUT2D eigenvalue weighted by Crippen LogP contribution is -2.00. The summed E-state index contributed by atoms with van der Waals surface area (Å²) in [5.74, 6) is 0.0550. The second kappa shape index (κ2) is 8.96. The van der Waals surface area contributed by atoms with Crippen LogP contribution in [0, 0.1) is 0 Å². The quantitative estimate of drug-likeness (QED) is 0.319. The summed E-state index contributed by atoms with van der Waals surface area (Å²) >= 11 is 3.46. The van der Waals surface area contributed by atoms with Gasteiger partial charge in [-0.15, -0.1) is 0 Å². The average Bonchev–Trinajstić information content (AvgIpc) is 2.76. The molecule has 0 radical (unpaired) electrons.